The van der Waals surface area contributed by atoms with Gasteiger partial charge in [-0.2, -0.15) is 5.10 Å². The molecule has 0 fully saturated rings. The van der Waals surface area contributed by atoms with Crippen LogP contribution < -0.4 is 4.74 Å². The number of ketones is 1. The van der Waals surface area contributed by atoms with E-state index in [0.29, 0.717) is 21.5 Å². The van der Waals surface area contributed by atoms with E-state index in [1.165, 1.54) is 18.0 Å². The number of halogens is 2. The molecule has 0 atom stereocenters. The molecule has 2 rings (SSSR count). The van der Waals surface area contributed by atoms with Crippen LogP contribution in [-0.2, 0) is 13.5 Å². The van der Waals surface area contributed by atoms with Crippen molar-refractivity contribution >= 4 is 29.0 Å². The molecule has 6 heteroatoms. The number of carbonyl (C=O) groups excluding carboxylic acids is 1. The molecule has 0 bridgehead atoms. The van der Waals surface area contributed by atoms with Gasteiger partial charge in [0, 0.05) is 23.5 Å². The number of methoxy groups -OCH3 is 1. The number of carbonyl (C=O) groups is 1. The molecule has 0 unspecified atom stereocenters. The summed E-state index contributed by atoms with van der Waals surface area (Å²) >= 11 is 11.9. The lowest BCUT2D eigenvalue weighted by atomic mass is 10.1. The van der Waals surface area contributed by atoms with E-state index in [-0.39, 0.29) is 12.2 Å². The van der Waals surface area contributed by atoms with E-state index in [1.54, 1.807) is 25.2 Å². The highest BCUT2D eigenvalue weighted by atomic mass is 35.5. The first-order valence-corrected chi connectivity index (χ1v) is 6.31. The van der Waals surface area contributed by atoms with E-state index in [4.69, 9.17) is 27.9 Å². The second kappa shape index (κ2) is 5.63. The topological polar surface area (TPSA) is 44.1 Å². The zero-order valence-electron chi connectivity index (χ0n) is 10.5. The molecular weight excluding hydrogens is 287 g/mol. The molecule has 19 heavy (non-hydrogen) atoms. The second-order valence-electron chi connectivity index (χ2n) is 4.02. The summed E-state index contributed by atoms with van der Waals surface area (Å²) in [5.41, 5.74) is 1.15. The molecule has 0 saturated carbocycles. The van der Waals surface area contributed by atoms with Crippen LogP contribution in [0, 0.1) is 0 Å². The minimum Gasteiger partial charge on any atom is -0.493 e. The molecule has 0 aliphatic heterocycles. The van der Waals surface area contributed by atoms with Gasteiger partial charge in [-0.25, -0.2) is 0 Å². The fraction of sp³-hybridized carbons (Fsp3) is 0.231. The van der Waals surface area contributed by atoms with Crippen LogP contribution in [0.1, 0.15) is 16.1 Å². The Morgan fingerprint density at radius 2 is 2.16 bits per heavy atom. The van der Waals surface area contributed by atoms with Crippen molar-refractivity contribution in [2.75, 3.05) is 7.11 Å². The summed E-state index contributed by atoms with van der Waals surface area (Å²) in [5, 5.41) is 5.02. The third-order valence-corrected chi connectivity index (χ3v) is 3.34. The first-order valence-electron chi connectivity index (χ1n) is 5.56. The van der Waals surface area contributed by atoms with Crippen LogP contribution in [0.2, 0.25) is 10.0 Å². The lowest BCUT2D eigenvalue weighted by Crippen LogP contribution is -2.11. The minimum absolute atomic E-state index is 0.110. The number of hydrogen-bond donors (Lipinski definition) is 0. The molecule has 0 amide bonds. The Labute approximate surface area is 120 Å². The van der Waals surface area contributed by atoms with E-state index in [9.17, 15) is 4.79 Å². The number of ether oxygens (including phenoxy) is 1. The van der Waals surface area contributed by atoms with Crippen LogP contribution in [0.15, 0.2) is 24.4 Å². The number of aryl methyl sites for hydroxylation is 1. The Morgan fingerprint density at radius 1 is 1.42 bits per heavy atom. The largest absolute Gasteiger partial charge is 0.493 e. The van der Waals surface area contributed by atoms with Gasteiger partial charge in [0.25, 0.3) is 0 Å². The third-order valence-electron chi connectivity index (χ3n) is 2.76. The van der Waals surface area contributed by atoms with Gasteiger partial charge >= 0.3 is 0 Å². The predicted octanol–water partition coefficient (Wildman–Crippen LogP) is 3.16. The maximum atomic E-state index is 12.3. The zero-order valence-corrected chi connectivity index (χ0v) is 12.0. The number of Topliss-reactive ketones (excluding diaryl/α,β-unsaturated/α-hetero) is 1. The van der Waals surface area contributed by atoms with Crippen LogP contribution in [0.4, 0.5) is 0 Å². The van der Waals surface area contributed by atoms with E-state index in [0.717, 1.165) is 5.56 Å². The van der Waals surface area contributed by atoms with E-state index >= 15 is 0 Å². The van der Waals surface area contributed by atoms with Crippen molar-refractivity contribution in [3.8, 4) is 5.75 Å². The van der Waals surface area contributed by atoms with Crippen molar-refractivity contribution in [2.45, 2.75) is 6.42 Å². The maximum Gasteiger partial charge on any atom is 0.189 e. The first-order chi connectivity index (χ1) is 9.02. The standard InChI is InChI=1S/C13H12Cl2N2O2/c1-17-13(12(19-2)7-16-17)11(18)5-8-3-4-9(14)6-10(8)15/h3-4,6-7H,5H2,1-2H3. The SMILES string of the molecule is COc1cnn(C)c1C(=O)Cc1ccc(Cl)cc1Cl. The van der Waals surface area contributed by atoms with Crippen LogP contribution in [0.5, 0.6) is 5.75 Å². The molecule has 2 aromatic rings. The number of benzene rings is 1. The molecule has 100 valence electrons. The summed E-state index contributed by atoms with van der Waals surface area (Å²) in [6.07, 6.45) is 1.68. The van der Waals surface area contributed by atoms with Gasteiger partial charge in [0.05, 0.1) is 13.3 Å². The molecule has 0 aliphatic rings. The Morgan fingerprint density at radius 3 is 2.79 bits per heavy atom. The van der Waals surface area contributed by atoms with Gasteiger partial charge < -0.3 is 4.74 Å². The lowest BCUT2D eigenvalue weighted by molar-refractivity contribution is 0.0981. The summed E-state index contributed by atoms with van der Waals surface area (Å²) in [6, 6.07) is 5.06. The molecule has 0 spiro atoms. The van der Waals surface area contributed by atoms with Crippen molar-refractivity contribution in [2.24, 2.45) is 7.05 Å². The quantitative estimate of drug-likeness (QED) is 0.815. The normalized spacial score (nSPS) is 10.5. The Balaban J connectivity index is 2.28. The predicted molar refractivity (Wildman–Crippen MR) is 74.3 cm³/mol. The van der Waals surface area contributed by atoms with Crippen molar-refractivity contribution < 1.29 is 9.53 Å². The van der Waals surface area contributed by atoms with Gasteiger partial charge in [-0.1, -0.05) is 29.3 Å². The average Bonchev–Trinajstić information content (AvgIpc) is 2.74. The summed E-state index contributed by atoms with van der Waals surface area (Å²) in [7, 11) is 3.20. The van der Waals surface area contributed by atoms with Crippen molar-refractivity contribution in [1.29, 1.82) is 0 Å². The van der Waals surface area contributed by atoms with Crippen molar-refractivity contribution in [3.63, 3.8) is 0 Å². The summed E-state index contributed by atoms with van der Waals surface area (Å²) in [4.78, 5) is 12.3. The molecule has 1 aromatic heterocycles. The fourth-order valence-corrected chi connectivity index (χ4v) is 2.28. The second-order valence-corrected chi connectivity index (χ2v) is 4.86. The number of nitrogens with zero attached hydrogens (tertiary/aromatic N) is 2. The molecule has 1 aromatic carbocycles. The molecule has 1 heterocycles. The van der Waals surface area contributed by atoms with Gasteiger partial charge in [0.1, 0.15) is 5.69 Å². The Hall–Kier alpha value is -1.52. The molecule has 4 nitrogen and oxygen atoms in total. The van der Waals surface area contributed by atoms with Crippen LogP contribution in [0.3, 0.4) is 0 Å². The molecule has 0 aliphatic carbocycles. The van der Waals surface area contributed by atoms with Crippen LogP contribution in [0.25, 0.3) is 0 Å². The third kappa shape index (κ3) is 2.91. The highest BCUT2D eigenvalue weighted by Gasteiger charge is 2.18. The molecule has 0 radical (unpaired) electrons. The fourth-order valence-electron chi connectivity index (χ4n) is 1.81. The van der Waals surface area contributed by atoms with Gasteiger partial charge in [0.2, 0.25) is 0 Å². The van der Waals surface area contributed by atoms with Gasteiger partial charge in [0.15, 0.2) is 11.5 Å². The number of aromatic nitrogens is 2. The monoisotopic (exact) mass is 298 g/mol. The van der Waals surface area contributed by atoms with Crippen LogP contribution in [-0.4, -0.2) is 22.7 Å². The zero-order chi connectivity index (χ0) is 14.0. The Kier molecular flexibility index (Phi) is 4.12. The summed E-state index contributed by atoms with van der Waals surface area (Å²) < 4.78 is 6.61. The van der Waals surface area contributed by atoms with Crippen molar-refractivity contribution in [1.82, 2.24) is 9.78 Å². The lowest BCUT2D eigenvalue weighted by Gasteiger charge is -2.06. The summed E-state index contributed by atoms with van der Waals surface area (Å²) in [6.45, 7) is 0. The maximum absolute atomic E-state index is 12.3. The van der Waals surface area contributed by atoms with Gasteiger partial charge in [-0.15, -0.1) is 0 Å². The van der Waals surface area contributed by atoms with Crippen LogP contribution >= 0.6 is 23.2 Å². The minimum atomic E-state index is -0.110. The summed E-state index contributed by atoms with van der Waals surface area (Å²) in [5.74, 6) is 0.346. The highest BCUT2D eigenvalue weighted by molar-refractivity contribution is 6.35. The van der Waals surface area contributed by atoms with Gasteiger partial charge in [-0.3, -0.25) is 9.48 Å². The van der Waals surface area contributed by atoms with E-state index in [2.05, 4.69) is 5.10 Å². The molecular formula is C13H12Cl2N2O2. The molecule has 0 N–H and O–H groups in total. The molecule has 0 saturated heterocycles. The smallest absolute Gasteiger partial charge is 0.189 e. The van der Waals surface area contributed by atoms with E-state index < -0.39 is 0 Å². The first kappa shape index (κ1) is 13.9. The highest BCUT2D eigenvalue weighted by Crippen LogP contribution is 2.24. The van der Waals surface area contributed by atoms with Gasteiger partial charge in [-0.05, 0) is 17.7 Å². The Bertz CT molecular complexity index is 623. The van der Waals surface area contributed by atoms with E-state index in [1.807, 2.05) is 0 Å². The number of rotatable bonds is 4. The average molecular weight is 299 g/mol. The number of hydrogen-bond acceptors (Lipinski definition) is 3. The van der Waals surface area contributed by atoms with Crippen molar-refractivity contribution in [3.05, 3.63) is 45.7 Å².